The molecule has 0 fully saturated rings. The molecule has 3 rings (SSSR count). The molecule has 0 radical (unpaired) electrons. The number of carbonyl (C=O) groups is 2. The maximum Gasteiger partial charge on any atom is 0.258 e. The van der Waals surface area contributed by atoms with Gasteiger partial charge < -0.3 is 10.1 Å². The number of hydrogen-bond acceptors (Lipinski definition) is 3. The average Bonchev–Trinajstić information content (AvgIpc) is 2.93. The fraction of sp³-hybridized carbons (Fsp3) is 0.222. The highest BCUT2D eigenvalue weighted by molar-refractivity contribution is 6.00. The molecule has 124 valence electrons. The second-order valence-corrected chi connectivity index (χ2v) is 5.51. The summed E-state index contributed by atoms with van der Waals surface area (Å²) in [4.78, 5) is 23.4. The van der Waals surface area contributed by atoms with Crippen molar-refractivity contribution < 1.29 is 23.1 Å². The van der Waals surface area contributed by atoms with Crippen molar-refractivity contribution in [1.82, 2.24) is 5.32 Å². The van der Waals surface area contributed by atoms with E-state index >= 15 is 0 Å². The number of ether oxygens (including phenoxy) is 1. The number of aryl methyl sites for hydroxylation is 1. The molecule has 1 amide bonds. The van der Waals surface area contributed by atoms with E-state index in [9.17, 15) is 18.4 Å². The molecular weight excluding hydrogens is 316 g/mol. The number of nitrogens with one attached hydrogen (secondary N) is 1. The van der Waals surface area contributed by atoms with Gasteiger partial charge in [-0.3, -0.25) is 9.59 Å². The van der Waals surface area contributed by atoms with E-state index in [1.165, 1.54) is 6.07 Å². The van der Waals surface area contributed by atoms with E-state index in [-0.39, 0.29) is 24.5 Å². The molecule has 24 heavy (non-hydrogen) atoms. The van der Waals surface area contributed by atoms with E-state index in [0.29, 0.717) is 17.7 Å². The Balaban J connectivity index is 1.55. The summed E-state index contributed by atoms with van der Waals surface area (Å²) in [7, 11) is 0. The third-order valence-corrected chi connectivity index (χ3v) is 3.90. The van der Waals surface area contributed by atoms with Crippen LogP contribution in [0.5, 0.6) is 5.75 Å². The normalized spacial score (nSPS) is 12.8. The van der Waals surface area contributed by atoms with Gasteiger partial charge >= 0.3 is 0 Å². The number of rotatable bonds is 5. The van der Waals surface area contributed by atoms with Crippen molar-refractivity contribution in [2.24, 2.45) is 0 Å². The smallest absolute Gasteiger partial charge is 0.258 e. The Morgan fingerprint density at radius 1 is 1.12 bits per heavy atom. The number of benzene rings is 2. The first kappa shape index (κ1) is 16.1. The van der Waals surface area contributed by atoms with Crippen molar-refractivity contribution in [2.75, 3.05) is 6.61 Å². The molecule has 1 aliphatic rings. The molecule has 2 aromatic carbocycles. The van der Waals surface area contributed by atoms with Gasteiger partial charge in [-0.2, -0.15) is 0 Å². The Morgan fingerprint density at radius 2 is 1.88 bits per heavy atom. The zero-order valence-corrected chi connectivity index (χ0v) is 12.8. The first-order valence-corrected chi connectivity index (χ1v) is 7.53. The molecule has 2 aromatic rings. The third-order valence-electron chi connectivity index (χ3n) is 3.90. The highest BCUT2D eigenvalue weighted by Gasteiger charge is 2.20. The van der Waals surface area contributed by atoms with Gasteiger partial charge in [0.15, 0.2) is 12.4 Å². The van der Waals surface area contributed by atoms with E-state index in [2.05, 4.69) is 5.32 Å². The average molecular weight is 331 g/mol. The largest absolute Gasteiger partial charge is 0.484 e. The number of Topliss-reactive ketones (excluding diaryl/α,β-unsaturated/α-hetero) is 1. The van der Waals surface area contributed by atoms with Crippen LogP contribution in [0.2, 0.25) is 0 Å². The zero-order chi connectivity index (χ0) is 17.1. The standard InChI is InChI=1S/C18H15F2NO3/c19-15-2-1-3-16(20)14(15)9-21-18(23)10-24-12-6-4-11-5-7-17(22)13(11)8-12/h1-4,6,8H,5,7,9-10H2,(H,21,23). The topological polar surface area (TPSA) is 55.4 Å². The summed E-state index contributed by atoms with van der Waals surface area (Å²) in [6, 6.07) is 8.64. The van der Waals surface area contributed by atoms with Gasteiger partial charge in [0.25, 0.3) is 5.91 Å². The number of carbonyl (C=O) groups excluding carboxylic acids is 2. The predicted octanol–water partition coefficient (Wildman–Crippen LogP) is 2.79. The molecule has 0 saturated carbocycles. The summed E-state index contributed by atoms with van der Waals surface area (Å²) in [5.74, 6) is -1.46. The lowest BCUT2D eigenvalue weighted by molar-refractivity contribution is -0.123. The van der Waals surface area contributed by atoms with Crippen LogP contribution < -0.4 is 10.1 Å². The first-order valence-electron chi connectivity index (χ1n) is 7.53. The predicted molar refractivity (Wildman–Crippen MR) is 82.8 cm³/mol. The molecule has 0 atom stereocenters. The van der Waals surface area contributed by atoms with Crippen LogP contribution in [0.25, 0.3) is 0 Å². The molecule has 0 spiro atoms. The van der Waals surface area contributed by atoms with Crippen molar-refractivity contribution in [2.45, 2.75) is 19.4 Å². The second-order valence-electron chi connectivity index (χ2n) is 5.51. The molecule has 4 nitrogen and oxygen atoms in total. The summed E-state index contributed by atoms with van der Waals surface area (Å²) in [5, 5.41) is 2.40. The number of fused-ring (bicyclic) bond motifs is 1. The third kappa shape index (κ3) is 3.42. The van der Waals surface area contributed by atoms with Gasteiger partial charge in [0, 0.05) is 24.1 Å². The van der Waals surface area contributed by atoms with Crippen LogP contribution in [0.1, 0.15) is 27.9 Å². The Bertz CT molecular complexity index is 785. The van der Waals surface area contributed by atoms with E-state index < -0.39 is 17.5 Å². The van der Waals surface area contributed by atoms with Gasteiger partial charge in [0.2, 0.25) is 0 Å². The monoisotopic (exact) mass is 331 g/mol. The SMILES string of the molecule is O=C(COc1ccc2c(c1)C(=O)CC2)NCc1c(F)cccc1F. The number of hydrogen-bond donors (Lipinski definition) is 1. The van der Waals surface area contributed by atoms with Crippen molar-refractivity contribution in [1.29, 1.82) is 0 Å². The van der Waals surface area contributed by atoms with Gasteiger partial charge in [-0.1, -0.05) is 12.1 Å². The zero-order valence-electron chi connectivity index (χ0n) is 12.8. The van der Waals surface area contributed by atoms with E-state index in [1.54, 1.807) is 12.1 Å². The molecule has 1 aliphatic carbocycles. The number of halogens is 2. The van der Waals surface area contributed by atoms with Gasteiger partial charge in [0.1, 0.15) is 17.4 Å². The van der Waals surface area contributed by atoms with Crippen molar-refractivity contribution in [3.63, 3.8) is 0 Å². The fourth-order valence-electron chi connectivity index (χ4n) is 2.59. The lowest BCUT2D eigenvalue weighted by Gasteiger charge is -2.09. The minimum Gasteiger partial charge on any atom is -0.484 e. The van der Waals surface area contributed by atoms with E-state index in [1.807, 2.05) is 6.07 Å². The lowest BCUT2D eigenvalue weighted by Crippen LogP contribution is -2.29. The summed E-state index contributed by atoms with van der Waals surface area (Å²) < 4.78 is 32.3. The van der Waals surface area contributed by atoms with Crippen molar-refractivity contribution >= 4 is 11.7 Å². The maximum atomic E-state index is 13.5. The summed E-state index contributed by atoms with van der Waals surface area (Å²) >= 11 is 0. The van der Waals surface area contributed by atoms with Crippen LogP contribution in [0.15, 0.2) is 36.4 Å². The van der Waals surface area contributed by atoms with Crippen LogP contribution in [0.4, 0.5) is 8.78 Å². The molecule has 0 bridgehead atoms. The summed E-state index contributed by atoms with van der Waals surface area (Å²) in [6.07, 6.45) is 1.22. The molecular formula is C18H15F2NO3. The highest BCUT2D eigenvalue weighted by atomic mass is 19.1. The Kier molecular flexibility index (Phi) is 4.55. The molecule has 6 heteroatoms. The lowest BCUT2D eigenvalue weighted by atomic mass is 10.1. The van der Waals surface area contributed by atoms with Crippen molar-refractivity contribution in [3.8, 4) is 5.75 Å². The van der Waals surface area contributed by atoms with Gasteiger partial charge in [-0.25, -0.2) is 8.78 Å². The van der Waals surface area contributed by atoms with Gasteiger partial charge in [-0.05, 0) is 36.2 Å². The Hall–Kier alpha value is -2.76. The Morgan fingerprint density at radius 3 is 2.62 bits per heavy atom. The minimum atomic E-state index is -0.714. The molecule has 1 N–H and O–H groups in total. The molecule has 0 heterocycles. The maximum absolute atomic E-state index is 13.5. The van der Waals surface area contributed by atoms with Crippen molar-refractivity contribution in [3.05, 3.63) is 64.7 Å². The molecule has 0 aromatic heterocycles. The van der Waals surface area contributed by atoms with E-state index in [0.717, 1.165) is 24.1 Å². The first-order chi connectivity index (χ1) is 11.5. The van der Waals surface area contributed by atoms with Crippen LogP contribution in [0, 0.1) is 11.6 Å². The van der Waals surface area contributed by atoms with Gasteiger partial charge in [0.05, 0.1) is 0 Å². The highest BCUT2D eigenvalue weighted by Crippen LogP contribution is 2.26. The molecule has 0 aliphatic heterocycles. The van der Waals surface area contributed by atoms with Crippen LogP contribution >= 0.6 is 0 Å². The number of amides is 1. The van der Waals surface area contributed by atoms with E-state index in [4.69, 9.17) is 4.74 Å². The second kappa shape index (κ2) is 6.78. The van der Waals surface area contributed by atoms with Gasteiger partial charge in [-0.15, -0.1) is 0 Å². The Labute approximate surface area is 137 Å². The summed E-state index contributed by atoms with van der Waals surface area (Å²) in [5.41, 5.74) is 1.40. The molecule has 0 saturated heterocycles. The quantitative estimate of drug-likeness (QED) is 0.917. The summed E-state index contributed by atoms with van der Waals surface area (Å²) in [6.45, 7) is -0.563. The van der Waals surface area contributed by atoms with Crippen LogP contribution in [-0.2, 0) is 17.8 Å². The number of ketones is 1. The fourth-order valence-corrected chi connectivity index (χ4v) is 2.59. The molecule has 0 unspecified atom stereocenters. The van der Waals surface area contributed by atoms with Crippen LogP contribution in [-0.4, -0.2) is 18.3 Å². The van der Waals surface area contributed by atoms with Crippen LogP contribution in [0.3, 0.4) is 0 Å². The minimum absolute atomic E-state index is 0.0647.